The van der Waals surface area contributed by atoms with Crippen LogP contribution in [-0.4, -0.2) is 15.8 Å². The van der Waals surface area contributed by atoms with E-state index < -0.39 is 18.5 Å². The molecule has 5 nitrogen and oxygen atoms in total. The van der Waals surface area contributed by atoms with Gasteiger partial charge in [-0.15, -0.1) is 0 Å². The maximum atomic E-state index is 13.8. The van der Waals surface area contributed by atoms with Gasteiger partial charge in [0.15, 0.2) is 0 Å². The molecule has 1 aromatic heterocycles. The Bertz CT molecular complexity index is 1490. The molecule has 0 aliphatic carbocycles. The molecule has 0 radical (unpaired) electrons. The highest BCUT2D eigenvalue weighted by atomic mass is 32.7. The van der Waals surface area contributed by atoms with Crippen LogP contribution in [0.1, 0.15) is 43.9 Å². The van der Waals surface area contributed by atoms with Crippen molar-refractivity contribution in [2.75, 3.05) is 5.75 Å². The van der Waals surface area contributed by atoms with E-state index in [4.69, 9.17) is 9.05 Å². The summed E-state index contributed by atoms with van der Waals surface area (Å²) in [5.41, 5.74) is 1.53. The summed E-state index contributed by atoms with van der Waals surface area (Å²) in [5.74, 6) is 0.809. The van der Waals surface area contributed by atoms with E-state index in [0.717, 1.165) is 47.5 Å². The SMILES string of the molecule is CCCSP(=O)(Oc1cc(O)c2cc3ccc(C(F)(F)F)cc3nc2c1)Oc1ccc(CC)cc1CC. The topological polar surface area (TPSA) is 68.7 Å². The number of halogens is 3. The number of hydrogen-bond donors (Lipinski definition) is 1. The van der Waals surface area contributed by atoms with Gasteiger partial charge in [0, 0.05) is 28.7 Å². The maximum absolute atomic E-state index is 13.8. The highest BCUT2D eigenvalue weighted by molar-refractivity contribution is 8.55. The number of benzene rings is 3. The van der Waals surface area contributed by atoms with E-state index in [1.807, 2.05) is 32.9 Å². The number of rotatable bonds is 9. The van der Waals surface area contributed by atoms with Gasteiger partial charge in [-0.05, 0) is 66.0 Å². The van der Waals surface area contributed by atoms with Crippen molar-refractivity contribution in [3.8, 4) is 17.2 Å². The van der Waals surface area contributed by atoms with Crippen LogP contribution in [0.25, 0.3) is 21.8 Å². The van der Waals surface area contributed by atoms with Crippen molar-refractivity contribution < 1.29 is 31.9 Å². The summed E-state index contributed by atoms with van der Waals surface area (Å²) in [4.78, 5) is 4.32. The number of alkyl halides is 3. The molecule has 1 unspecified atom stereocenters. The first-order valence-corrected chi connectivity index (χ1v) is 15.1. The Morgan fingerprint density at radius 2 is 1.73 bits per heavy atom. The van der Waals surface area contributed by atoms with Gasteiger partial charge < -0.3 is 14.2 Å². The normalized spacial score (nSPS) is 13.6. The lowest BCUT2D eigenvalue weighted by Crippen LogP contribution is -2.04. The number of hydrogen-bond acceptors (Lipinski definition) is 6. The van der Waals surface area contributed by atoms with Gasteiger partial charge in [0.25, 0.3) is 0 Å². The molecule has 4 aromatic rings. The molecule has 0 spiro atoms. The van der Waals surface area contributed by atoms with Crippen LogP contribution in [0.5, 0.6) is 17.2 Å². The van der Waals surface area contributed by atoms with E-state index in [1.165, 1.54) is 18.2 Å². The average Bonchev–Trinajstić information content (AvgIpc) is 2.86. The molecule has 37 heavy (non-hydrogen) atoms. The molecule has 0 saturated carbocycles. The van der Waals surface area contributed by atoms with Crippen molar-refractivity contribution in [3.63, 3.8) is 0 Å². The first kappa shape index (κ1) is 27.1. The van der Waals surface area contributed by atoms with E-state index in [9.17, 15) is 22.8 Å². The third-order valence-electron chi connectivity index (χ3n) is 5.80. The first-order chi connectivity index (χ1) is 17.5. The maximum Gasteiger partial charge on any atom is 0.492 e. The Morgan fingerprint density at radius 3 is 2.41 bits per heavy atom. The second-order valence-corrected chi connectivity index (χ2v) is 12.6. The van der Waals surface area contributed by atoms with Crippen LogP contribution in [0, 0.1) is 0 Å². The lowest BCUT2D eigenvalue weighted by molar-refractivity contribution is -0.137. The fraction of sp³-hybridized carbons (Fsp3) is 0.296. The summed E-state index contributed by atoms with van der Waals surface area (Å²) < 4.78 is 65.2. The van der Waals surface area contributed by atoms with Gasteiger partial charge in [0.1, 0.15) is 17.2 Å². The summed E-state index contributed by atoms with van der Waals surface area (Å²) >= 11 is 1.05. The molecule has 0 aliphatic heterocycles. The van der Waals surface area contributed by atoms with Gasteiger partial charge in [-0.3, -0.25) is 0 Å². The van der Waals surface area contributed by atoms with Crippen LogP contribution in [0.4, 0.5) is 13.2 Å². The van der Waals surface area contributed by atoms with Crippen LogP contribution >= 0.6 is 18.2 Å². The standard InChI is InChI=1S/C27H27F3NO4PS/c1-4-11-37-36(33,35-26-10-7-17(5-2)12-18(26)6-3)34-21-15-24-22(25(32)16-21)13-19-8-9-20(27(28,29)30)14-23(19)31-24/h7-10,12-16,32H,4-6,11H2,1-3H3. The molecule has 1 atom stereocenters. The molecule has 0 amide bonds. The summed E-state index contributed by atoms with van der Waals surface area (Å²) in [6, 6.07) is 13.3. The zero-order chi connectivity index (χ0) is 26.8. The summed E-state index contributed by atoms with van der Waals surface area (Å²) in [7, 11) is 0. The van der Waals surface area contributed by atoms with Gasteiger partial charge in [0.2, 0.25) is 0 Å². The monoisotopic (exact) mass is 549 g/mol. The number of pyridine rings is 1. The predicted octanol–water partition coefficient (Wildman–Crippen LogP) is 8.95. The Kier molecular flexibility index (Phi) is 7.95. The molecule has 4 rings (SSSR count). The molecule has 0 fully saturated rings. The minimum Gasteiger partial charge on any atom is -0.507 e. The van der Waals surface area contributed by atoms with Gasteiger partial charge in [-0.25, -0.2) is 9.55 Å². The average molecular weight is 550 g/mol. The van der Waals surface area contributed by atoms with Gasteiger partial charge in [-0.2, -0.15) is 13.2 Å². The number of aromatic hydroxyl groups is 1. The molecule has 0 aliphatic rings. The van der Waals surface area contributed by atoms with Gasteiger partial charge in [-0.1, -0.05) is 39.0 Å². The summed E-state index contributed by atoms with van der Waals surface area (Å²) in [6.45, 7) is 2.18. The van der Waals surface area contributed by atoms with E-state index in [1.54, 1.807) is 12.1 Å². The van der Waals surface area contributed by atoms with Crippen molar-refractivity contribution in [2.45, 2.75) is 46.2 Å². The zero-order valence-corrected chi connectivity index (χ0v) is 22.3. The van der Waals surface area contributed by atoms with Gasteiger partial charge >= 0.3 is 13.0 Å². The molecule has 10 heteroatoms. The van der Waals surface area contributed by atoms with E-state index in [2.05, 4.69) is 4.98 Å². The smallest absolute Gasteiger partial charge is 0.492 e. The summed E-state index contributed by atoms with van der Waals surface area (Å²) in [5, 5.41) is 11.4. The minimum absolute atomic E-state index is 0.0407. The van der Waals surface area contributed by atoms with Crippen LogP contribution < -0.4 is 9.05 Å². The van der Waals surface area contributed by atoms with E-state index >= 15 is 0 Å². The van der Waals surface area contributed by atoms with Crippen LogP contribution in [0.3, 0.4) is 0 Å². The lowest BCUT2D eigenvalue weighted by atomic mass is 10.1. The molecular formula is C27H27F3NO4PS. The van der Waals surface area contributed by atoms with Crippen molar-refractivity contribution in [1.82, 2.24) is 4.98 Å². The zero-order valence-electron chi connectivity index (χ0n) is 20.6. The predicted molar refractivity (Wildman–Crippen MR) is 143 cm³/mol. The number of aryl methyl sites for hydroxylation is 2. The van der Waals surface area contributed by atoms with E-state index in [-0.39, 0.29) is 22.5 Å². The van der Waals surface area contributed by atoms with Crippen molar-refractivity contribution in [1.29, 1.82) is 0 Å². The van der Waals surface area contributed by atoms with Gasteiger partial charge in [0.05, 0.1) is 16.6 Å². The number of nitrogens with zero attached hydrogens (tertiary/aromatic N) is 1. The highest BCUT2D eigenvalue weighted by Crippen LogP contribution is 2.60. The fourth-order valence-electron chi connectivity index (χ4n) is 3.86. The van der Waals surface area contributed by atoms with Crippen molar-refractivity contribution >= 4 is 40.0 Å². The third kappa shape index (κ3) is 6.16. The van der Waals surface area contributed by atoms with E-state index in [0.29, 0.717) is 28.7 Å². The highest BCUT2D eigenvalue weighted by Gasteiger charge is 2.32. The largest absolute Gasteiger partial charge is 0.507 e. The second-order valence-electron chi connectivity index (χ2n) is 8.51. The Hall–Kier alpha value is -2.90. The minimum atomic E-state index is -4.51. The van der Waals surface area contributed by atoms with Crippen molar-refractivity contribution in [3.05, 3.63) is 71.3 Å². The molecular weight excluding hydrogens is 522 g/mol. The molecule has 0 bridgehead atoms. The lowest BCUT2D eigenvalue weighted by Gasteiger charge is -2.21. The number of phenols is 1. The fourth-order valence-corrected chi connectivity index (χ4v) is 7.22. The number of phenolic OH excluding ortho intramolecular Hbond substituents is 1. The van der Waals surface area contributed by atoms with Crippen LogP contribution in [0.15, 0.2) is 54.6 Å². The quantitative estimate of drug-likeness (QED) is 0.166. The first-order valence-electron chi connectivity index (χ1n) is 12.0. The number of aromatic nitrogens is 1. The Labute approximate surface area is 217 Å². The molecule has 1 heterocycles. The third-order valence-corrected chi connectivity index (χ3v) is 9.51. The molecule has 196 valence electrons. The Balaban J connectivity index is 1.73. The molecule has 1 N–H and O–H groups in total. The molecule has 0 saturated heterocycles. The van der Waals surface area contributed by atoms with Crippen molar-refractivity contribution in [2.24, 2.45) is 0 Å². The van der Waals surface area contributed by atoms with Crippen LogP contribution in [-0.2, 0) is 23.6 Å². The molecule has 3 aromatic carbocycles. The second kappa shape index (κ2) is 10.8. The number of fused-ring (bicyclic) bond motifs is 2. The summed E-state index contributed by atoms with van der Waals surface area (Å²) in [6.07, 6.45) is -2.25. The van der Waals surface area contributed by atoms with Crippen LogP contribution in [0.2, 0.25) is 0 Å². The Morgan fingerprint density at radius 1 is 0.946 bits per heavy atom.